The van der Waals surface area contributed by atoms with Crippen molar-refractivity contribution in [3.63, 3.8) is 0 Å². The lowest BCUT2D eigenvalue weighted by molar-refractivity contribution is 0.0985. The van der Waals surface area contributed by atoms with Gasteiger partial charge >= 0.3 is 0 Å². The van der Waals surface area contributed by atoms with E-state index in [1.165, 1.54) is 12.1 Å². The minimum absolute atomic E-state index is 0.0100. The molecule has 3 nitrogen and oxygen atoms in total. The maximum atomic E-state index is 11.3. The average Bonchev–Trinajstić information content (AvgIpc) is 2.12. The fourth-order valence-corrected chi connectivity index (χ4v) is 1.26. The van der Waals surface area contributed by atoms with Gasteiger partial charge in [0.05, 0.1) is 10.6 Å². The Hall–Kier alpha value is -1.22. The zero-order valence-corrected chi connectivity index (χ0v) is 7.80. The highest BCUT2D eigenvalue weighted by molar-refractivity contribution is 6.34. The summed E-state index contributed by atoms with van der Waals surface area (Å²) in [7, 11) is 0. The van der Waals surface area contributed by atoms with E-state index in [0.29, 0.717) is 0 Å². The molecule has 0 aromatic heterocycles. The lowest BCUT2D eigenvalue weighted by Gasteiger charge is -2.05. The van der Waals surface area contributed by atoms with Crippen LogP contribution < -0.4 is 0 Å². The molecule has 0 radical (unpaired) electrons. The van der Waals surface area contributed by atoms with E-state index in [-0.39, 0.29) is 28.5 Å². The Balaban J connectivity index is 3.33. The van der Waals surface area contributed by atoms with Crippen molar-refractivity contribution in [2.45, 2.75) is 13.3 Å². The molecule has 2 N–H and O–H groups in total. The van der Waals surface area contributed by atoms with Gasteiger partial charge in [0.1, 0.15) is 0 Å². The smallest absolute Gasteiger partial charge is 0.169 e. The first-order valence-corrected chi connectivity index (χ1v) is 4.19. The number of phenols is 2. The molecule has 0 fully saturated rings. The van der Waals surface area contributed by atoms with Crippen LogP contribution in [-0.4, -0.2) is 16.0 Å². The minimum atomic E-state index is -0.445. The summed E-state index contributed by atoms with van der Waals surface area (Å²) in [6.45, 7) is 1.65. The van der Waals surface area contributed by atoms with Gasteiger partial charge in [0.2, 0.25) is 0 Å². The predicted octanol–water partition coefficient (Wildman–Crippen LogP) is 2.34. The first-order chi connectivity index (χ1) is 6.07. The lowest BCUT2D eigenvalue weighted by atomic mass is 10.1. The van der Waals surface area contributed by atoms with E-state index < -0.39 is 5.75 Å². The fourth-order valence-electron chi connectivity index (χ4n) is 0.998. The molecule has 1 aromatic carbocycles. The quantitative estimate of drug-likeness (QED) is 0.569. The van der Waals surface area contributed by atoms with E-state index in [1.807, 2.05) is 0 Å². The van der Waals surface area contributed by atoms with Crippen molar-refractivity contribution in [3.8, 4) is 11.5 Å². The molecule has 0 saturated carbocycles. The number of halogens is 1. The molecule has 0 aliphatic rings. The molecule has 0 aliphatic carbocycles. The van der Waals surface area contributed by atoms with Crippen molar-refractivity contribution < 1.29 is 15.0 Å². The zero-order valence-electron chi connectivity index (χ0n) is 7.04. The van der Waals surface area contributed by atoms with E-state index in [0.717, 1.165) is 0 Å². The summed E-state index contributed by atoms with van der Waals surface area (Å²) >= 11 is 5.68. The van der Waals surface area contributed by atoms with E-state index in [1.54, 1.807) is 6.92 Å². The van der Waals surface area contributed by atoms with Gasteiger partial charge in [-0.15, -0.1) is 0 Å². The van der Waals surface area contributed by atoms with Gasteiger partial charge in [-0.3, -0.25) is 4.79 Å². The molecule has 1 rings (SSSR count). The molecule has 0 aliphatic heterocycles. The minimum Gasteiger partial charge on any atom is -0.504 e. The molecular weight excluding hydrogens is 192 g/mol. The third kappa shape index (κ3) is 1.75. The van der Waals surface area contributed by atoms with Crippen LogP contribution in [0.25, 0.3) is 0 Å². The van der Waals surface area contributed by atoms with Crippen LogP contribution in [0, 0.1) is 0 Å². The van der Waals surface area contributed by atoms with E-state index in [2.05, 4.69) is 0 Å². The van der Waals surface area contributed by atoms with Crippen LogP contribution >= 0.6 is 11.6 Å². The predicted molar refractivity (Wildman–Crippen MR) is 49.4 cm³/mol. The summed E-state index contributed by atoms with van der Waals surface area (Å²) in [6, 6.07) is 2.61. The molecule has 0 saturated heterocycles. The van der Waals surface area contributed by atoms with Crippen molar-refractivity contribution in [3.05, 3.63) is 22.7 Å². The molecular formula is C9H9ClO3. The number of hydrogen-bond donors (Lipinski definition) is 2. The van der Waals surface area contributed by atoms with E-state index in [4.69, 9.17) is 16.7 Å². The number of Topliss-reactive ketones (excluding diaryl/α,β-unsaturated/α-hetero) is 1. The monoisotopic (exact) mass is 200 g/mol. The summed E-state index contributed by atoms with van der Waals surface area (Å²) in [4.78, 5) is 11.3. The molecule has 0 bridgehead atoms. The Labute approximate surface area is 80.6 Å². The normalized spacial score (nSPS) is 10.0. The number of phenolic OH excluding ortho intramolecular Hbond substituents is 2. The Morgan fingerprint density at radius 2 is 2.08 bits per heavy atom. The van der Waals surface area contributed by atoms with E-state index in [9.17, 15) is 9.90 Å². The molecule has 1 aromatic rings. The molecule has 0 atom stereocenters. The topological polar surface area (TPSA) is 57.5 Å². The van der Waals surface area contributed by atoms with Crippen molar-refractivity contribution >= 4 is 17.4 Å². The number of hydrogen-bond acceptors (Lipinski definition) is 3. The van der Waals surface area contributed by atoms with Gasteiger partial charge in [0.15, 0.2) is 17.3 Å². The van der Waals surface area contributed by atoms with Gasteiger partial charge in [-0.05, 0) is 12.1 Å². The maximum Gasteiger partial charge on any atom is 0.169 e. The fraction of sp³-hybridized carbons (Fsp3) is 0.222. The summed E-state index contributed by atoms with van der Waals surface area (Å²) in [5.41, 5.74) is -0.0100. The van der Waals surface area contributed by atoms with Gasteiger partial charge in [0.25, 0.3) is 0 Å². The second-order valence-electron chi connectivity index (χ2n) is 2.57. The van der Waals surface area contributed by atoms with E-state index >= 15 is 0 Å². The highest BCUT2D eigenvalue weighted by atomic mass is 35.5. The number of aromatic hydroxyl groups is 2. The van der Waals surface area contributed by atoms with Crippen molar-refractivity contribution in [2.24, 2.45) is 0 Å². The Bertz CT molecular complexity index is 347. The highest BCUT2D eigenvalue weighted by Crippen LogP contribution is 2.34. The first kappa shape index (κ1) is 9.86. The van der Waals surface area contributed by atoms with Gasteiger partial charge in [0, 0.05) is 6.42 Å². The zero-order chi connectivity index (χ0) is 10.0. The molecule has 0 heterocycles. The van der Waals surface area contributed by atoms with Crippen LogP contribution in [0.5, 0.6) is 11.5 Å². The van der Waals surface area contributed by atoms with Gasteiger partial charge in [-0.25, -0.2) is 0 Å². The van der Waals surface area contributed by atoms with Crippen LogP contribution in [0.4, 0.5) is 0 Å². The third-order valence-corrected chi connectivity index (χ3v) is 2.02. The standard InChI is InChI=1S/C9H9ClO3/c1-2-6(11)8-5(10)3-4-7(12)9(8)13/h3-4,12-13H,2H2,1H3. The Morgan fingerprint density at radius 1 is 1.46 bits per heavy atom. The van der Waals surface area contributed by atoms with Gasteiger partial charge < -0.3 is 10.2 Å². The summed E-state index contributed by atoms with van der Waals surface area (Å²) in [5, 5.41) is 18.6. The first-order valence-electron chi connectivity index (χ1n) is 3.81. The van der Waals surface area contributed by atoms with Crippen LogP contribution in [-0.2, 0) is 0 Å². The summed E-state index contributed by atoms with van der Waals surface area (Å²) < 4.78 is 0. The third-order valence-electron chi connectivity index (χ3n) is 1.71. The van der Waals surface area contributed by atoms with Crippen LogP contribution in [0.1, 0.15) is 23.7 Å². The number of benzene rings is 1. The highest BCUT2D eigenvalue weighted by Gasteiger charge is 2.16. The van der Waals surface area contributed by atoms with Crippen molar-refractivity contribution in [1.82, 2.24) is 0 Å². The second kappa shape index (κ2) is 3.66. The van der Waals surface area contributed by atoms with Crippen molar-refractivity contribution in [1.29, 1.82) is 0 Å². The molecule has 4 heteroatoms. The van der Waals surface area contributed by atoms with Crippen LogP contribution in [0.2, 0.25) is 5.02 Å². The molecule has 0 spiro atoms. The molecule has 0 unspecified atom stereocenters. The summed E-state index contributed by atoms with van der Waals surface area (Å²) in [6.07, 6.45) is 0.233. The molecule has 13 heavy (non-hydrogen) atoms. The summed E-state index contributed by atoms with van der Waals surface area (Å²) in [5.74, 6) is -1.07. The number of carbonyl (C=O) groups is 1. The molecule has 0 amide bonds. The van der Waals surface area contributed by atoms with Crippen LogP contribution in [0.3, 0.4) is 0 Å². The van der Waals surface area contributed by atoms with Gasteiger partial charge in [-0.1, -0.05) is 18.5 Å². The van der Waals surface area contributed by atoms with Gasteiger partial charge in [-0.2, -0.15) is 0 Å². The lowest BCUT2D eigenvalue weighted by Crippen LogP contribution is -1.98. The second-order valence-corrected chi connectivity index (χ2v) is 2.97. The Kier molecular flexibility index (Phi) is 2.78. The molecule has 70 valence electrons. The van der Waals surface area contributed by atoms with Crippen molar-refractivity contribution in [2.75, 3.05) is 0 Å². The largest absolute Gasteiger partial charge is 0.504 e. The van der Waals surface area contributed by atoms with Crippen LogP contribution in [0.15, 0.2) is 12.1 Å². The maximum absolute atomic E-state index is 11.3. The average molecular weight is 201 g/mol. The number of ketones is 1. The Morgan fingerprint density at radius 3 is 2.62 bits per heavy atom. The number of rotatable bonds is 2. The SMILES string of the molecule is CCC(=O)c1c(Cl)ccc(O)c1O. The number of carbonyl (C=O) groups excluding carboxylic acids is 1.